The zero-order valence-corrected chi connectivity index (χ0v) is 31.3. The van der Waals surface area contributed by atoms with Crippen LogP contribution in [-0.2, 0) is 0 Å². The smallest absolute Gasteiger partial charge is 0.143 e. The normalized spacial score (nSPS) is 12.1. The molecule has 2 nitrogen and oxygen atoms in total. The average Bonchev–Trinajstić information content (AvgIpc) is 3.85. The van der Waals surface area contributed by atoms with Crippen molar-refractivity contribution in [1.82, 2.24) is 0 Å². The Labute approximate surface area is 332 Å². The van der Waals surface area contributed by atoms with E-state index in [-0.39, 0.29) is 0 Å². The van der Waals surface area contributed by atoms with Gasteiger partial charge in [-0.15, -0.1) is 0 Å². The molecule has 2 aromatic heterocycles. The van der Waals surface area contributed by atoms with Crippen LogP contribution in [0.2, 0.25) is 0 Å². The fourth-order valence-electron chi connectivity index (χ4n) is 9.94. The van der Waals surface area contributed by atoms with Crippen LogP contribution in [0, 0.1) is 0 Å². The number of fused-ring (bicyclic) bond motifs is 12. The zero-order valence-electron chi connectivity index (χ0n) is 31.3. The number of hydrogen-bond donors (Lipinski definition) is 0. The standard InChI is InChI=1S/C56H32O2/c1-2-16-34-33(14-1)15-13-25-40(34)54-41-21-5-7-23-43(41)55(44-24-8-6-22-42(44)54)45-29-28-37(35-17-3-4-18-36(35)45)46-31-49-39-20-10-12-27-52(39)58-56(49)50-32-53-48(30-47(46)50)38-19-9-11-26-51(38)57-53/h1-32H. The molecule has 0 unspecified atom stereocenters. The molecular weight excluding hydrogens is 705 g/mol. The molecule has 0 aliphatic heterocycles. The minimum Gasteiger partial charge on any atom is -0.456 e. The van der Waals surface area contributed by atoms with Crippen molar-refractivity contribution in [3.8, 4) is 33.4 Å². The van der Waals surface area contributed by atoms with E-state index >= 15 is 0 Å². The number of rotatable bonds is 3. The number of para-hydroxylation sites is 2. The summed E-state index contributed by atoms with van der Waals surface area (Å²) in [5.74, 6) is 0. The Hall–Kier alpha value is -7.68. The van der Waals surface area contributed by atoms with Crippen LogP contribution in [0.4, 0.5) is 0 Å². The lowest BCUT2D eigenvalue weighted by molar-refractivity contribution is 0.667. The maximum atomic E-state index is 6.65. The van der Waals surface area contributed by atoms with Crippen molar-refractivity contribution in [2.75, 3.05) is 0 Å². The third kappa shape index (κ3) is 4.37. The van der Waals surface area contributed by atoms with Crippen LogP contribution in [-0.4, -0.2) is 0 Å². The molecule has 0 radical (unpaired) electrons. The first-order valence-electron chi connectivity index (χ1n) is 19.9. The Balaban J connectivity index is 1.13. The Morgan fingerprint density at radius 3 is 1.36 bits per heavy atom. The lowest BCUT2D eigenvalue weighted by atomic mass is 9.82. The molecule has 0 atom stereocenters. The molecule has 0 saturated heterocycles. The van der Waals surface area contributed by atoms with Gasteiger partial charge >= 0.3 is 0 Å². The average molecular weight is 737 g/mol. The van der Waals surface area contributed by atoms with E-state index in [4.69, 9.17) is 8.83 Å². The summed E-state index contributed by atoms with van der Waals surface area (Å²) in [6.45, 7) is 0. The molecule has 0 fully saturated rings. The summed E-state index contributed by atoms with van der Waals surface area (Å²) in [5.41, 5.74) is 10.9. The molecule has 2 heterocycles. The molecule has 0 N–H and O–H groups in total. The van der Waals surface area contributed by atoms with Crippen molar-refractivity contribution >= 4 is 97.7 Å². The Morgan fingerprint density at radius 1 is 0.224 bits per heavy atom. The molecule has 0 spiro atoms. The summed E-state index contributed by atoms with van der Waals surface area (Å²) in [4.78, 5) is 0. The minimum atomic E-state index is 0.860. The predicted octanol–water partition coefficient (Wildman–Crippen LogP) is 16.3. The summed E-state index contributed by atoms with van der Waals surface area (Å²) in [7, 11) is 0. The van der Waals surface area contributed by atoms with Gasteiger partial charge in [0.2, 0.25) is 0 Å². The van der Waals surface area contributed by atoms with Gasteiger partial charge in [0.15, 0.2) is 0 Å². The highest BCUT2D eigenvalue weighted by atomic mass is 16.3. The Morgan fingerprint density at radius 2 is 0.690 bits per heavy atom. The van der Waals surface area contributed by atoms with Gasteiger partial charge in [0.1, 0.15) is 22.3 Å². The van der Waals surface area contributed by atoms with Gasteiger partial charge in [-0.25, -0.2) is 0 Å². The highest BCUT2D eigenvalue weighted by Gasteiger charge is 2.22. The van der Waals surface area contributed by atoms with Gasteiger partial charge in [0.25, 0.3) is 0 Å². The van der Waals surface area contributed by atoms with Gasteiger partial charge in [-0.05, 0) is 112 Å². The van der Waals surface area contributed by atoms with E-state index in [1.807, 2.05) is 18.2 Å². The topological polar surface area (TPSA) is 26.3 Å². The molecule has 0 bridgehead atoms. The second kappa shape index (κ2) is 11.9. The SMILES string of the molecule is c1ccc2c(-c3c4ccccc4c(-c4ccc(-c5cc6c7ccccc7oc6c6cc7oc8ccccc8c7cc56)c5ccccc45)c4ccccc34)cccc2c1. The maximum Gasteiger partial charge on any atom is 0.143 e. The van der Waals surface area contributed by atoms with Crippen molar-refractivity contribution < 1.29 is 8.83 Å². The van der Waals surface area contributed by atoms with E-state index in [9.17, 15) is 0 Å². The third-order valence-corrected chi connectivity index (χ3v) is 12.4. The zero-order chi connectivity index (χ0) is 37.9. The molecule has 0 amide bonds. The van der Waals surface area contributed by atoms with E-state index in [2.05, 4.69) is 176 Å². The van der Waals surface area contributed by atoms with Gasteiger partial charge in [0.05, 0.1) is 0 Å². The van der Waals surface area contributed by atoms with Crippen molar-refractivity contribution in [2.24, 2.45) is 0 Å². The highest BCUT2D eigenvalue weighted by molar-refractivity contribution is 6.28. The van der Waals surface area contributed by atoms with Crippen LogP contribution in [0.5, 0.6) is 0 Å². The van der Waals surface area contributed by atoms with Gasteiger partial charge in [-0.2, -0.15) is 0 Å². The summed E-state index contributed by atoms with van der Waals surface area (Å²) in [5, 5.41) is 16.5. The van der Waals surface area contributed by atoms with Crippen molar-refractivity contribution in [1.29, 1.82) is 0 Å². The van der Waals surface area contributed by atoms with Crippen molar-refractivity contribution in [3.05, 3.63) is 194 Å². The van der Waals surface area contributed by atoms with E-state index in [1.165, 1.54) is 76.5 Å². The summed E-state index contributed by atoms with van der Waals surface area (Å²) in [6.07, 6.45) is 0. The minimum absolute atomic E-state index is 0.860. The highest BCUT2D eigenvalue weighted by Crippen LogP contribution is 2.49. The van der Waals surface area contributed by atoms with Gasteiger partial charge in [-0.3, -0.25) is 0 Å². The number of hydrogen-bond acceptors (Lipinski definition) is 2. The van der Waals surface area contributed by atoms with Crippen molar-refractivity contribution in [2.45, 2.75) is 0 Å². The third-order valence-electron chi connectivity index (χ3n) is 12.4. The van der Waals surface area contributed by atoms with Gasteiger partial charge in [0, 0.05) is 26.9 Å². The molecule has 13 aromatic rings. The lowest BCUT2D eigenvalue weighted by Gasteiger charge is -2.20. The Bertz CT molecular complexity index is 3800. The molecule has 0 saturated carbocycles. The molecule has 13 rings (SSSR count). The molecule has 0 aliphatic rings. The first-order chi connectivity index (χ1) is 28.8. The Kier molecular flexibility index (Phi) is 6.47. The second-order valence-electron chi connectivity index (χ2n) is 15.5. The summed E-state index contributed by atoms with van der Waals surface area (Å²) < 4.78 is 13.1. The van der Waals surface area contributed by atoms with Crippen LogP contribution >= 0.6 is 0 Å². The van der Waals surface area contributed by atoms with E-state index in [1.54, 1.807) is 0 Å². The van der Waals surface area contributed by atoms with Crippen LogP contribution in [0.15, 0.2) is 203 Å². The molecule has 2 heteroatoms. The molecule has 58 heavy (non-hydrogen) atoms. The maximum absolute atomic E-state index is 6.65. The van der Waals surface area contributed by atoms with Crippen molar-refractivity contribution in [3.63, 3.8) is 0 Å². The summed E-state index contributed by atoms with van der Waals surface area (Å²) >= 11 is 0. The van der Waals surface area contributed by atoms with Crippen LogP contribution in [0.3, 0.4) is 0 Å². The van der Waals surface area contributed by atoms with Crippen LogP contribution in [0.1, 0.15) is 0 Å². The fraction of sp³-hybridized carbons (Fsp3) is 0. The van der Waals surface area contributed by atoms with Gasteiger partial charge in [-0.1, -0.05) is 164 Å². The van der Waals surface area contributed by atoms with E-state index in [0.29, 0.717) is 0 Å². The molecule has 0 aliphatic carbocycles. The monoisotopic (exact) mass is 736 g/mol. The molecule has 11 aromatic carbocycles. The fourth-order valence-corrected chi connectivity index (χ4v) is 9.94. The first kappa shape index (κ1) is 31.5. The number of benzene rings is 11. The number of furan rings is 2. The first-order valence-corrected chi connectivity index (χ1v) is 19.9. The van der Waals surface area contributed by atoms with E-state index in [0.717, 1.165) is 54.6 Å². The quantitative estimate of drug-likeness (QED) is 0.169. The van der Waals surface area contributed by atoms with E-state index < -0.39 is 0 Å². The molecular formula is C56H32O2. The molecule has 268 valence electrons. The predicted molar refractivity (Wildman–Crippen MR) is 245 cm³/mol. The van der Waals surface area contributed by atoms with Crippen LogP contribution < -0.4 is 0 Å². The second-order valence-corrected chi connectivity index (χ2v) is 15.5. The van der Waals surface area contributed by atoms with Gasteiger partial charge < -0.3 is 8.83 Å². The summed E-state index contributed by atoms with van der Waals surface area (Å²) in [6, 6.07) is 70.5. The van der Waals surface area contributed by atoms with Crippen LogP contribution in [0.25, 0.3) is 131 Å². The largest absolute Gasteiger partial charge is 0.456 e. The lowest BCUT2D eigenvalue weighted by Crippen LogP contribution is -1.93.